The summed E-state index contributed by atoms with van der Waals surface area (Å²) >= 11 is 0. The van der Waals surface area contributed by atoms with Crippen molar-refractivity contribution >= 4 is 5.91 Å². The van der Waals surface area contributed by atoms with Crippen LogP contribution in [0.5, 0.6) is 0 Å². The van der Waals surface area contributed by atoms with Crippen molar-refractivity contribution in [2.45, 2.75) is 19.0 Å². The Morgan fingerprint density at radius 3 is 2.70 bits per heavy atom. The Kier molecular flexibility index (Phi) is 3.76. The van der Waals surface area contributed by atoms with Gasteiger partial charge in [0.15, 0.2) is 0 Å². The lowest BCUT2D eigenvalue weighted by Crippen LogP contribution is -2.31. The van der Waals surface area contributed by atoms with E-state index in [0.717, 1.165) is 24.1 Å². The number of hydrogen-bond donors (Lipinski definition) is 1. The molecule has 2 aliphatic heterocycles. The van der Waals surface area contributed by atoms with Crippen LogP contribution in [0.15, 0.2) is 24.3 Å². The first-order valence-electron chi connectivity index (χ1n) is 7.41. The topological polar surface area (TPSA) is 35.6 Å². The lowest BCUT2D eigenvalue weighted by molar-refractivity contribution is 0.0963. The molecule has 2 atom stereocenters. The number of nitrogens with one attached hydrogen (secondary N) is 1. The quantitative estimate of drug-likeness (QED) is 0.898. The van der Waals surface area contributed by atoms with E-state index in [2.05, 4.69) is 34.3 Å². The smallest absolute Gasteiger partial charge is 0.251 e. The minimum absolute atomic E-state index is 0.0196. The lowest BCUT2D eigenvalue weighted by atomic mass is 10.1. The first-order chi connectivity index (χ1) is 9.67. The molecule has 4 heteroatoms. The highest BCUT2D eigenvalue weighted by molar-refractivity contribution is 5.93. The normalized spacial score (nSPS) is 26.7. The van der Waals surface area contributed by atoms with Gasteiger partial charge >= 0.3 is 0 Å². The van der Waals surface area contributed by atoms with Crippen molar-refractivity contribution in [2.75, 3.05) is 33.7 Å². The summed E-state index contributed by atoms with van der Waals surface area (Å²) in [7, 11) is 3.90. The van der Waals surface area contributed by atoms with E-state index in [0.29, 0.717) is 0 Å². The van der Waals surface area contributed by atoms with E-state index in [9.17, 15) is 4.79 Å². The number of rotatable bonds is 3. The van der Waals surface area contributed by atoms with Crippen LogP contribution >= 0.6 is 0 Å². The zero-order valence-corrected chi connectivity index (χ0v) is 12.3. The molecule has 3 rings (SSSR count). The zero-order chi connectivity index (χ0) is 14.1. The van der Waals surface area contributed by atoms with Crippen LogP contribution in [-0.4, -0.2) is 55.5 Å². The van der Waals surface area contributed by atoms with Gasteiger partial charge in [0, 0.05) is 38.3 Å². The monoisotopic (exact) mass is 273 g/mol. The van der Waals surface area contributed by atoms with Gasteiger partial charge in [-0.1, -0.05) is 12.1 Å². The Hall–Kier alpha value is -1.39. The summed E-state index contributed by atoms with van der Waals surface area (Å²) < 4.78 is 0. The van der Waals surface area contributed by atoms with Gasteiger partial charge < -0.3 is 10.2 Å². The van der Waals surface area contributed by atoms with Gasteiger partial charge in [-0.15, -0.1) is 0 Å². The molecule has 1 aromatic carbocycles. The Balaban J connectivity index is 1.60. The summed E-state index contributed by atoms with van der Waals surface area (Å²) in [6.07, 6.45) is 1.34. The molecule has 108 valence electrons. The standard InChI is InChI=1S/C16H23N3O/c1-17-16(20)13-5-3-12(4-6-13)9-19-10-14-7-8-18(2)15(14)11-19/h3-6,14-15H,7-11H2,1-2H3,(H,17,20)/t14-,15+/m0/s1. The van der Waals surface area contributed by atoms with Crippen LogP contribution in [0, 0.1) is 5.92 Å². The third kappa shape index (κ3) is 2.58. The number of nitrogens with zero attached hydrogens (tertiary/aromatic N) is 2. The van der Waals surface area contributed by atoms with E-state index in [4.69, 9.17) is 0 Å². The maximum atomic E-state index is 11.5. The molecule has 2 aliphatic rings. The van der Waals surface area contributed by atoms with Crippen molar-refractivity contribution in [3.8, 4) is 0 Å². The van der Waals surface area contributed by atoms with Crippen LogP contribution < -0.4 is 5.32 Å². The summed E-state index contributed by atoms with van der Waals surface area (Å²) in [5.41, 5.74) is 2.02. The zero-order valence-electron chi connectivity index (χ0n) is 12.3. The van der Waals surface area contributed by atoms with Gasteiger partial charge in [0.25, 0.3) is 5.91 Å². The fourth-order valence-electron chi connectivity index (χ4n) is 3.55. The van der Waals surface area contributed by atoms with Crippen molar-refractivity contribution in [3.63, 3.8) is 0 Å². The predicted molar refractivity (Wildman–Crippen MR) is 79.6 cm³/mol. The molecule has 4 nitrogen and oxygen atoms in total. The molecule has 1 N–H and O–H groups in total. The number of fused-ring (bicyclic) bond motifs is 1. The van der Waals surface area contributed by atoms with Crippen molar-refractivity contribution in [2.24, 2.45) is 5.92 Å². The van der Waals surface area contributed by atoms with E-state index in [1.54, 1.807) is 7.05 Å². The van der Waals surface area contributed by atoms with E-state index in [1.807, 2.05) is 12.1 Å². The molecule has 2 saturated heterocycles. The Morgan fingerprint density at radius 2 is 2.05 bits per heavy atom. The lowest BCUT2D eigenvalue weighted by Gasteiger charge is -2.20. The molecule has 0 aliphatic carbocycles. The molecular formula is C16H23N3O. The van der Waals surface area contributed by atoms with Gasteiger partial charge in [-0.05, 0) is 43.6 Å². The average molecular weight is 273 g/mol. The maximum Gasteiger partial charge on any atom is 0.251 e. The van der Waals surface area contributed by atoms with E-state index in [1.165, 1.54) is 31.6 Å². The summed E-state index contributed by atoms with van der Waals surface area (Å²) in [5.74, 6) is 0.832. The van der Waals surface area contributed by atoms with Crippen molar-refractivity contribution < 1.29 is 4.79 Å². The SMILES string of the molecule is CNC(=O)c1ccc(CN2C[C@@H]3CCN(C)[C@@H]3C2)cc1. The second kappa shape index (κ2) is 5.54. The number of likely N-dealkylation sites (tertiary alicyclic amines) is 2. The van der Waals surface area contributed by atoms with Crippen LogP contribution in [0.3, 0.4) is 0 Å². The minimum atomic E-state index is -0.0196. The molecular weight excluding hydrogens is 250 g/mol. The largest absolute Gasteiger partial charge is 0.355 e. The molecule has 0 spiro atoms. The number of benzene rings is 1. The molecule has 0 bridgehead atoms. The first-order valence-corrected chi connectivity index (χ1v) is 7.41. The second-order valence-corrected chi connectivity index (χ2v) is 6.07. The molecule has 2 heterocycles. The summed E-state index contributed by atoms with van der Waals surface area (Å²) in [5, 5.41) is 2.65. The minimum Gasteiger partial charge on any atom is -0.355 e. The number of amides is 1. The molecule has 0 aromatic heterocycles. The van der Waals surface area contributed by atoms with Crippen LogP contribution in [0.2, 0.25) is 0 Å². The van der Waals surface area contributed by atoms with Gasteiger partial charge in [-0.2, -0.15) is 0 Å². The number of carbonyl (C=O) groups is 1. The summed E-state index contributed by atoms with van der Waals surface area (Å²) in [6.45, 7) is 4.64. The van der Waals surface area contributed by atoms with Crippen molar-refractivity contribution in [1.29, 1.82) is 0 Å². The molecule has 2 fully saturated rings. The Bertz CT molecular complexity index is 485. The third-order valence-corrected chi connectivity index (χ3v) is 4.75. The van der Waals surface area contributed by atoms with E-state index < -0.39 is 0 Å². The van der Waals surface area contributed by atoms with E-state index in [-0.39, 0.29) is 5.91 Å². The Labute approximate surface area is 120 Å². The first kappa shape index (κ1) is 13.6. The molecule has 1 aromatic rings. The van der Waals surface area contributed by atoms with Gasteiger partial charge in [0.1, 0.15) is 0 Å². The fourth-order valence-corrected chi connectivity index (χ4v) is 3.55. The molecule has 0 saturated carbocycles. The summed E-state index contributed by atoms with van der Waals surface area (Å²) in [4.78, 5) is 16.6. The number of likely N-dealkylation sites (N-methyl/N-ethyl adjacent to an activating group) is 1. The van der Waals surface area contributed by atoms with Crippen LogP contribution in [0.1, 0.15) is 22.3 Å². The predicted octanol–water partition coefficient (Wildman–Crippen LogP) is 1.18. The third-order valence-electron chi connectivity index (χ3n) is 4.75. The van der Waals surface area contributed by atoms with E-state index >= 15 is 0 Å². The molecule has 20 heavy (non-hydrogen) atoms. The highest BCUT2D eigenvalue weighted by Crippen LogP contribution is 2.30. The fraction of sp³-hybridized carbons (Fsp3) is 0.562. The number of hydrogen-bond acceptors (Lipinski definition) is 3. The molecule has 1 amide bonds. The van der Waals surface area contributed by atoms with Crippen molar-refractivity contribution in [1.82, 2.24) is 15.1 Å². The van der Waals surface area contributed by atoms with Crippen LogP contribution in [0.4, 0.5) is 0 Å². The molecule has 0 radical (unpaired) electrons. The van der Waals surface area contributed by atoms with Crippen LogP contribution in [-0.2, 0) is 6.54 Å². The second-order valence-electron chi connectivity index (χ2n) is 6.07. The molecule has 0 unspecified atom stereocenters. The highest BCUT2D eigenvalue weighted by atomic mass is 16.1. The van der Waals surface area contributed by atoms with Crippen LogP contribution in [0.25, 0.3) is 0 Å². The highest BCUT2D eigenvalue weighted by Gasteiger charge is 2.39. The van der Waals surface area contributed by atoms with Gasteiger partial charge in [0.2, 0.25) is 0 Å². The average Bonchev–Trinajstić information content (AvgIpc) is 3.01. The maximum absolute atomic E-state index is 11.5. The van der Waals surface area contributed by atoms with Gasteiger partial charge in [-0.25, -0.2) is 0 Å². The Morgan fingerprint density at radius 1 is 1.30 bits per heavy atom. The van der Waals surface area contributed by atoms with Gasteiger partial charge in [-0.3, -0.25) is 9.69 Å². The summed E-state index contributed by atoms with van der Waals surface area (Å²) in [6, 6.07) is 8.72. The van der Waals surface area contributed by atoms with Gasteiger partial charge in [0.05, 0.1) is 0 Å². The number of carbonyl (C=O) groups excluding carboxylic acids is 1. The van der Waals surface area contributed by atoms with Crippen molar-refractivity contribution in [3.05, 3.63) is 35.4 Å².